The molecule has 5 rings (SSSR count). The van der Waals surface area contributed by atoms with Crippen molar-refractivity contribution in [1.29, 1.82) is 0 Å². The molecule has 3 heterocycles. The van der Waals surface area contributed by atoms with Crippen LogP contribution >= 0.6 is 11.8 Å². The highest BCUT2D eigenvalue weighted by Gasteiger charge is 2.21. The maximum Gasteiger partial charge on any atom is 0.234 e. The van der Waals surface area contributed by atoms with E-state index in [0.29, 0.717) is 28.2 Å². The normalized spacial score (nSPS) is 10.9. The first kappa shape index (κ1) is 24.3. The number of amides is 1. The number of hydrogen-bond donors (Lipinski definition) is 1. The third kappa shape index (κ3) is 5.10. The summed E-state index contributed by atoms with van der Waals surface area (Å²) in [6.07, 6.45) is 3.39. The van der Waals surface area contributed by atoms with Gasteiger partial charge in [0.1, 0.15) is 11.5 Å². The van der Waals surface area contributed by atoms with Gasteiger partial charge in [0, 0.05) is 35.1 Å². The van der Waals surface area contributed by atoms with E-state index in [1.807, 2.05) is 72.2 Å². The highest BCUT2D eigenvalue weighted by atomic mass is 32.2. The second kappa shape index (κ2) is 10.7. The van der Waals surface area contributed by atoms with Crippen molar-refractivity contribution in [3.63, 3.8) is 0 Å². The van der Waals surface area contributed by atoms with E-state index in [2.05, 4.69) is 25.5 Å². The van der Waals surface area contributed by atoms with Gasteiger partial charge in [0.05, 0.1) is 36.9 Å². The smallest absolute Gasteiger partial charge is 0.234 e. The first-order valence-electron chi connectivity index (χ1n) is 11.4. The summed E-state index contributed by atoms with van der Waals surface area (Å²) in [5, 5.41) is 13.3. The SMILES string of the molecule is COc1ccc(OC)c(-n2c(SCC(=O)Nc3cc(C)nc4ccccc34)nnc2-c2ccncc2)c1. The van der Waals surface area contributed by atoms with Crippen LogP contribution in [0.5, 0.6) is 11.5 Å². The molecule has 37 heavy (non-hydrogen) atoms. The number of nitrogens with one attached hydrogen (secondary N) is 1. The Morgan fingerprint density at radius 2 is 1.81 bits per heavy atom. The van der Waals surface area contributed by atoms with Gasteiger partial charge in [-0.05, 0) is 43.3 Å². The number of aromatic nitrogens is 5. The van der Waals surface area contributed by atoms with Crippen molar-refractivity contribution in [2.24, 2.45) is 0 Å². The number of thioether (sulfide) groups is 1. The lowest BCUT2D eigenvalue weighted by atomic mass is 10.1. The second-order valence-electron chi connectivity index (χ2n) is 8.08. The third-order valence-electron chi connectivity index (χ3n) is 5.65. The lowest BCUT2D eigenvalue weighted by Gasteiger charge is -2.15. The van der Waals surface area contributed by atoms with Crippen molar-refractivity contribution in [3.8, 4) is 28.6 Å². The van der Waals surface area contributed by atoms with Gasteiger partial charge in [-0.3, -0.25) is 19.3 Å². The summed E-state index contributed by atoms with van der Waals surface area (Å²) in [7, 11) is 3.20. The number of ether oxygens (including phenoxy) is 2. The Kier molecular flexibility index (Phi) is 7.00. The lowest BCUT2D eigenvalue weighted by Crippen LogP contribution is -2.15. The van der Waals surface area contributed by atoms with Crippen LogP contribution in [-0.4, -0.2) is 50.6 Å². The molecule has 0 unspecified atom stereocenters. The van der Waals surface area contributed by atoms with Gasteiger partial charge >= 0.3 is 0 Å². The maximum absolute atomic E-state index is 13.0. The Bertz CT molecular complexity index is 1570. The fourth-order valence-corrected chi connectivity index (χ4v) is 4.71. The number of benzene rings is 2. The Labute approximate surface area is 217 Å². The number of carbonyl (C=O) groups excluding carboxylic acids is 1. The summed E-state index contributed by atoms with van der Waals surface area (Å²) in [5.41, 5.74) is 3.90. The number of para-hydroxylation sites is 1. The molecule has 0 saturated heterocycles. The van der Waals surface area contributed by atoms with Gasteiger partial charge in [-0.1, -0.05) is 30.0 Å². The predicted octanol–water partition coefficient (Wildman–Crippen LogP) is 4.93. The van der Waals surface area contributed by atoms with Crippen LogP contribution in [0.25, 0.3) is 28.0 Å². The van der Waals surface area contributed by atoms with E-state index < -0.39 is 0 Å². The van der Waals surface area contributed by atoms with Gasteiger partial charge < -0.3 is 14.8 Å². The van der Waals surface area contributed by atoms with Crippen molar-refractivity contribution in [2.75, 3.05) is 25.3 Å². The molecule has 0 spiro atoms. The largest absolute Gasteiger partial charge is 0.497 e. The number of nitrogens with zero attached hydrogens (tertiary/aromatic N) is 5. The van der Waals surface area contributed by atoms with Crippen LogP contribution in [0.2, 0.25) is 0 Å². The number of anilines is 1. The van der Waals surface area contributed by atoms with Crippen molar-refractivity contribution in [1.82, 2.24) is 24.7 Å². The van der Waals surface area contributed by atoms with Crippen LogP contribution in [0.4, 0.5) is 5.69 Å². The minimum Gasteiger partial charge on any atom is -0.497 e. The summed E-state index contributed by atoms with van der Waals surface area (Å²) in [6, 6.07) is 18.8. The van der Waals surface area contributed by atoms with Gasteiger partial charge in [-0.25, -0.2) is 0 Å². The van der Waals surface area contributed by atoms with E-state index in [-0.39, 0.29) is 11.7 Å². The van der Waals surface area contributed by atoms with Gasteiger partial charge in [0.2, 0.25) is 5.91 Å². The number of methoxy groups -OCH3 is 2. The Balaban J connectivity index is 1.47. The monoisotopic (exact) mass is 512 g/mol. The summed E-state index contributed by atoms with van der Waals surface area (Å²) in [5.74, 6) is 1.81. The molecule has 1 amide bonds. The third-order valence-corrected chi connectivity index (χ3v) is 6.58. The molecule has 0 radical (unpaired) electrons. The van der Waals surface area contributed by atoms with Crippen LogP contribution in [0.15, 0.2) is 78.2 Å². The molecule has 0 aliphatic carbocycles. The second-order valence-corrected chi connectivity index (χ2v) is 9.02. The number of rotatable bonds is 8. The molecule has 0 aliphatic heterocycles. The minimum absolute atomic E-state index is 0.121. The molecule has 0 fully saturated rings. The van der Waals surface area contributed by atoms with Gasteiger partial charge in [0.15, 0.2) is 11.0 Å². The molecule has 1 N–H and O–H groups in total. The van der Waals surface area contributed by atoms with Gasteiger partial charge in [-0.2, -0.15) is 0 Å². The molecule has 0 bridgehead atoms. The Morgan fingerprint density at radius 1 is 1.00 bits per heavy atom. The van der Waals surface area contributed by atoms with Crippen LogP contribution < -0.4 is 14.8 Å². The summed E-state index contributed by atoms with van der Waals surface area (Å²) >= 11 is 1.28. The van der Waals surface area contributed by atoms with Crippen LogP contribution in [0.1, 0.15) is 5.69 Å². The van der Waals surface area contributed by atoms with Crippen LogP contribution in [0, 0.1) is 6.92 Å². The molecule has 3 aromatic heterocycles. The average molecular weight is 513 g/mol. The Morgan fingerprint density at radius 3 is 2.59 bits per heavy atom. The van der Waals surface area contributed by atoms with Crippen molar-refractivity contribution in [2.45, 2.75) is 12.1 Å². The molecule has 0 atom stereocenters. The zero-order chi connectivity index (χ0) is 25.8. The topological polar surface area (TPSA) is 104 Å². The first-order valence-corrected chi connectivity index (χ1v) is 12.4. The molecule has 2 aromatic carbocycles. The predicted molar refractivity (Wildman–Crippen MR) is 144 cm³/mol. The quantitative estimate of drug-likeness (QED) is 0.292. The summed E-state index contributed by atoms with van der Waals surface area (Å²) in [4.78, 5) is 21.7. The fraction of sp³-hybridized carbons (Fsp3) is 0.148. The lowest BCUT2D eigenvalue weighted by molar-refractivity contribution is -0.113. The molecule has 5 aromatic rings. The van der Waals surface area contributed by atoms with E-state index in [4.69, 9.17) is 9.47 Å². The van der Waals surface area contributed by atoms with E-state index in [9.17, 15) is 4.79 Å². The van der Waals surface area contributed by atoms with E-state index in [0.717, 1.165) is 27.8 Å². The van der Waals surface area contributed by atoms with Crippen molar-refractivity contribution in [3.05, 3.63) is 78.8 Å². The highest BCUT2D eigenvalue weighted by molar-refractivity contribution is 7.99. The molecule has 186 valence electrons. The number of carbonyl (C=O) groups is 1. The molecule has 0 aliphatic rings. The van der Waals surface area contributed by atoms with Crippen LogP contribution in [0.3, 0.4) is 0 Å². The molecule has 10 heteroatoms. The van der Waals surface area contributed by atoms with Crippen molar-refractivity contribution < 1.29 is 14.3 Å². The van der Waals surface area contributed by atoms with E-state index in [1.54, 1.807) is 26.6 Å². The standard InChI is InChI=1S/C27H24N6O3S/c1-17-14-22(20-6-4-5-7-21(20)29-17)30-25(34)16-37-27-32-31-26(18-10-12-28-13-11-18)33(27)23-15-19(35-2)8-9-24(23)36-3/h4-15H,16H2,1-3H3,(H,29,30,34). The van der Waals surface area contributed by atoms with Crippen molar-refractivity contribution >= 4 is 34.3 Å². The van der Waals surface area contributed by atoms with E-state index in [1.165, 1.54) is 11.8 Å². The molecular weight excluding hydrogens is 488 g/mol. The minimum atomic E-state index is -0.168. The molecule has 9 nitrogen and oxygen atoms in total. The first-order chi connectivity index (χ1) is 18.1. The Hall–Kier alpha value is -4.44. The molecule has 0 saturated carbocycles. The number of fused-ring (bicyclic) bond motifs is 1. The highest BCUT2D eigenvalue weighted by Crippen LogP contribution is 2.35. The average Bonchev–Trinajstić information content (AvgIpc) is 3.35. The fourth-order valence-electron chi connectivity index (χ4n) is 3.97. The zero-order valence-electron chi connectivity index (χ0n) is 20.5. The summed E-state index contributed by atoms with van der Waals surface area (Å²) in [6.45, 7) is 1.90. The van der Waals surface area contributed by atoms with E-state index >= 15 is 0 Å². The van der Waals surface area contributed by atoms with Gasteiger partial charge in [0.25, 0.3) is 0 Å². The van der Waals surface area contributed by atoms with Gasteiger partial charge in [-0.15, -0.1) is 10.2 Å². The van der Waals surface area contributed by atoms with Crippen LogP contribution in [-0.2, 0) is 4.79 Å². The molecular formula is C27H24N6O3S. The zero-order valence-corrected chi connectivity index (χ0v) is 21.3. The number of aryl methyl sites for hydroxylation is 1. The summed E-state index contributed by atoms with van der Waals surface area (Å²) < 4.78 is 12.9. The number of pyridine rings is 2. The number of hydrogen-bond acceptors (Lipinski definition) is 8. The maximum atomic E-state index is 13.0.